The van der Waals surface area contributed by atoms with E-state index in [1.807, 2.05) is 41.3 Å². The maximum absolute atomic E-state index is 12.7. The Balaban J connectivity index is 1.19. The lowest BCUT2D eigenvalue weighted by molar-refractivity contribution is 0.193. The zero-order chi connectivity index (χ0) is 23.1. The summed E-state index contributed by atoms with van der Waals surface area (Å²) in [5, 5.41) is 8.06. The van der Waals surface area contributed by atoms with Gasteiger partial charge in [-0.15, -0.1) is 0 Å². The molecular weight excluding hydrogens is 428 g/mol. The van der Waals surface area contributed by atoms with Gasteiger partial charge in [0, 0.05) is 48.5 Å². The molecule has 2 aromatic heterocycles. The fourth-order valence-corrected chi connectivity index (χ4v) is 5.33. The van der Waals surface area contributed by atoms with Crippen molar-refractivity contribution in [2.45, 2.75) is 56.7 Å². The van der Waals surface area contributed by atoms with Crippen molar-refractivity contribution < 1.29 is 9.53 Å². The topological polar surface area (TPSA) is 98.3 Å². The molecule has 2 aliphatic heterocycles. The minimum absolute atomic E-state index is 0.0178. The Morgan fingerprint density at radius 2 is 2.00 bits per heavy atom. The number of hydrogen-bond acceptors (Lipinski definition) is 5. The van der Waals surface area contributed by atoms with Gasteiger partial charge in [0.1, 0.15) is 6.61 Å². The van der Waals surface area contributed by atoms with Gasteiger partial charge in [-0.05, 0) is 49.8 Å². The molecule has 1 saturated carbocycles. The van der Waals surface area contributed by atoms with Gasteiger partial charge >= 0.3 is 6.03 Å². The number of carbonyl (C=O) groups is 1. The van der Waals surface area contributed by atoms with Gasteiger partial charge in [0.25, 0.3) is 0 Å². The lowest BCUT2D eigenvalue weighted by Crippen LogP contribution is -2.47. The Bertz CT molecular complexity index is 1210. The second kappa shape index (κ2) is 8.34. The van der Waals surface area contributed by atoms with Crippen LogP contribution in [-0.4, -0.2) is 44.8 Å². The molecule has 1 atom stereocenters. The third kappa shape index (κ3) is 3.77. The first-order valence-electron chi connectivity index (χ1n) is 12.2. The van der Waals surface area contributed by atoms with Crippen LogP contribution < -0.4 is 15.8 Å². The van der Waals surface area contributed by atoms with Crippen molar-refractivity contribution in [3.8, 4) is 17.0 Å². The second-order valence-corrected chi connectivity index (χ2v) is 9.80. The van der Waals surface area contributed by atoms with Crippen LogP contribution in [0.4, 0.5) is 10.6 Å². The molecule has 2 amide bonds. The average molecular weight is 459 g/mol. The molecule has 0 unspecified atom stereocenters. The first-order valence-corrected chi connectivity index (χ1v) is 12.2. The first kappa shape index (κ1) is 21.0. The van der Waals surface area contributed by atoms with Gasteiger partial charge in [0.05, 0.1) is 5.69 Å². The van der Waals surface area contributed by atoms with Gasteiger partial charge in [-0.1, -0.05) is 30.3 Å². The van der Waals surface area contributed by atoms with E-state index >= 15 is 0 Å². The normalized spacial score (nSPS) is 21.5. The molecule has 0 radical (unpaired) electrons. The summed E-state index contributed by atoms with van der Waals surface area (Å²) in [6.07, 6.45) is 7.18. The zero-order valence-electron chi connectivity index (χ0n) is 19.2. The van der Waals surface area contributed by atoms with Crippen LogP contribution >= 0.6 is 0 Å². The van der Waals surface area contributed by atoms with Crippen molar-refractivity contribution in [2.24, 2.45) is 0 Å². The molecule has 3 aromatic rings. The van der Waals surface area contributed by atoms with E-state index in [0.717, 1.165) is 62.1 Å². The molecule has 1 spiro atoms. The Labute approximate surface area is 199 Å². The zero-order valence-corrected chi connectivity index (χ0v) is 19.2. The highest BCUT2D eigenvalue weighted by atomic mass is 16.5. The molecular formula is C26H30N6O2. The number of aromatic nitrogens is 3. The number of rotatable bonds is 5. The van der Waals surface area contributed by atoms with Gasteiger partial charge in [-0.3, -0.25) is 4.68 Å². The Hall–Kier alpha value is -3.55. The second-order valence-electron chi connectivity index (χ2n) is 9.80. The van der Waals surface area contributed by atoms with Crippen molar-refractivity contribution in [2.75, 3.05) is 18.8 Å². The minimum atomic E-state index is -0.0178. The monoisotopic (exact) mass is 458 g/mol. The molecule has 0 bridgehead atoms. The van der Waals surface area contributed by atoms with Crippen LogP contribution in [0.1, 0.15) is 43.4 Å². The number of fused-ring (bicyclic) bond motifs is 2. The van der Waals surface area contributed by atoms with Gasteiger partial charge < -0.3 is 20.7 Å². The molecule has 3 N–H and O–H groups in total. The molecule has 4 heterocycles. The summed E-state index contributed by atoms with van der Waals surface area (Å²) in [6, 6.07) is 14.5. The fraction of sp³-hybridized carbons (Fsp3) is 0.423. The number of pyridine rings is 1. The van der Waals surface area contributed by atoms with Crippen molar-refractivity contribution in [3.63, 3.8) is 0 Å². The lowest BCUT2D eigenvalue weighted by Gasteiger charge is -2.30. The van der Waals surface area contributed by atoms with Crippen LogP contribution in [0, 0.1) is 0 Å². The van der Waals surface area contributed by atoms with Crippen molar-refractivity contribution in [1.82, 2.24) is 25.0 Å². The van der Waals surface area contributed by atoms with E-state index in [-0.39, 0.29) is 11.4 Å². The number of nitrogens with zero attached hydrogens (tertiary/aromatic N) is 4. The number of likely N-dealkylation sites (tertiary alicyclic amines) is 1. The summed E-state index contributed by atoms with van der Waals surface area (Å²) in [7, 11) is 0. The van der Waals surface area contributed by atoms with E-state index in [1.165, 1.54) is 12.1 Å². The molecule has 1 saturated heterocycles. The summed E-state index contributed by atoms with van der Waals surface area (Å²) in [4.78, 5) is 19.1. The van der Waals surface area contributed by atoms with Crippen LogP contribution in [0.5, 0.6) is 5.75 Å². The van der Waals surface area contributed by atoms with E-state index in [4.69, 9.17) is 15.6 Å². The molecule has 2 fully saturated rings. The molecule has 8 heteroatoms. The smallest absolute Gasteiger partial charge is 0.317 e. The molecule has 176 valence electrons. The first-order chi connectivity index (χ1) is 16.6. The maximum atomic E-state index is 12.7. The van der Waals surface area contributed by atoms with Gasteiger partial charge in [0.2, 0.25) is 0 Å². The quantitative estimate of drug-likeness (QED) is 0.607. The summed E-state index contributed by atoms with van der Waals surface area (Å²) in [5.41, 5.74) is 10.1. The van der Waals surface area contributed by atoms with E-state index in [1.54, 1.807) is 6.20 Å². The van der Waals surface area contributed by atoms with E-state index in [9.17, 15) is 4.79 Å². The highest BCUT2D eigenvalue weighted by Crippen LogP contribution is 2.44. The van der Waals surface area contributed by atoms with Crippen LogP contribution in [0.15, 0.2) is 48.7 Å². The summed E-state index contributed by atoms with van der Waals surface area (Å²) in [5.74, 6) is 0.927. The SMILES string of the molecule is Nc1ncc(-c2cc3n(n2)CC[C@@]32CCN(C(=O)NC3CCC3)C2)cc1OCc1ccccc1. The number of anilines is 1. The fourth-order valence-electron chi connectivity index (χ4n) is 5.33. The Morgan fingerprint density at radius 1 is 1.18 bits per heavy atom. The number of carbonyl (C=O) groups excluding carboxylic acids is 1. The Morgan fingerprint density at radius 3 is 2.79 bits per heavy atom. The van der Waals surface area contributed by atoms with Crippen LogP contribution in [-0.2, 0) is 18.6 Å². The molecule has 8 nitrogen and oxygen atoms in total. The lowest BCUT2D eigenvalue weighted by atomic mass is 9.82. The van der Waals surface area contributed by atoms with Crippen molar-refractivity contribution in [3.05, 3.63) is 59.9 Å². The number of nitrogens with one attached hydrogen (secondary N) is 1. The molecule has 3 aliphatic rings. The molecule has 6 rings (SSSR count). The number of ether oxygens (including phenoxy) is 1. The van der Waals surface area contributed by atoms with Crippen molar-refractivity contribution >= 4 is 11.8 Å². The van der Waals surface area contributed by atoms with E-state index in [0.29, 0.717) is 24.2 Å². The van der Waals surface area contributed by atoms with Crippen LogP contribution in [0.25, 0.3) is 11.3 Å². The maximum Gasteiger partial charge on any atom is 0.317 e. The number of urea groups is 1. The number of benzene rings is 1. The van der Waals surface area contributed by atoms with Gasteiger partial charge in [-0.2, -0.15) is 5.10 Å². The van der Waals surface area contributed by atoms with Crippen LogP contribution in [0.2, 0.25) is 0 Å². The standard InChI is InChI=1S/C26H30N6O2/c27-24-22(34-16-18-5-2-1-3-6-18)13-19(15-28-24)21-14-23-26(10-12-32(23)30-21)9-11-31(17-26)25(33)29-20-7-4-8-20/h1-3,5-6,13-15,20H,4,7-12,16-17H2,(H2,27,28)(H,29,33)/t26-/m1/s1. The Kier molecular flexibility index (Phi) is 5.16. The number of nitrogens with two attached hydrogens (primary N) is 1. The molecule has 1 aliphatic carbocycles. The summed E-state index contributed by atoms with van der Waals surface area (Å²) in [6.45, 7) is 2.84. The third-order valence-corrected chi connectivity index (χ3v) is 7.61. The van der Waals surface area contributed by atoms with Gasteiger partial charge in [-0.25, -0.2) is 9.78 Å². The number of aryl methyl sites for hydroxylation is 1. The summed E-state index contributed by atoms with van der Waals surface area (Å²) >= 11 is 0. The van der Waals surface area contributed by atoms with E-state index < -0.39 is 0 Å². The highest BCUT2D eigenvalue weighted by molar-refractivity contribution is 5.75. The largest absolute Gasteiger partial charge is 0.485 e. The minimum Gasteiger partial charge on any atom is -0.485 e. The molecule has 34 heavy (non-hydrogen) atoms. The predicted molar refractivity (Wildman–Crippen MR) is 129 cm³/mol. The predicted octanol–water partition coefficient (Wildman–Crippen LogP) is 3.72. The summed E-state index contributed by atoms with van der Waals surface area (Å²) < 4.78 is 8.07. The third-order valence-electron chi connectivity index (χ3n) is 7.61. The molecule has 1 aromatic carbocycles. The number of hydrogen-bond donors (Lipinski definition) is 2. The van der Waals surface area contributed by atoms with E-state index in [2.05, 4.69) is 21.0 Å². The van der Waals surface area contributed by atoms with Gasteiger partial charge in [0.15, 0.2) is 11.6 Å². The number of nitrogen functional groups attached to an aromatic ring is 1. The average Bonchev–Trinajstić information content (AvgIpc) is 3.53. The van der Waals surface area contributed by atoms with Crippen LogP contribution in [0.3, 0.4) is 0 Å². The highest BCUT2D eigenvalue weighted by Gasteiger charge is 2.47. The van der Waals surface area contributed by atoms with Crippen molar-refractivity contribution in [1.29, 1.82) is 0 Å². The number of amides is 2.